The molecule has 0 aliphatic carbocycles. The number of carbonyl (C=O) groups is 1. The predicted molar refractivity (Wildman–Crippen MR) is 76.3 cm³/mol. The van der Waals surface area contributed by atoms with Gasteiger partial charge in [0.05, 0.1) is 5.69 Å². The van der Waals surface area contributed by atoms with E-state index in [1.54, 1.807) is 11.0 Å². The van der Waals surface area contributed by atoms with Crippen molar-refractivity contribution in [1.29, 1.82) is 0 Å². The summed E-state index contributed by atoms with van der Waals surface area (Å²) in [5, 5.41) is 10.0. The maximum absolute atomic E-state index is 11.8. The van der Waals surface area contributed by atoms with E-state index in [-0.39, 0.29) is 11.8 Å². The third-order valence-electron chi connectivity index (χ3n) is 3.02. The highest BCUT2D eigenvalue weighted by Crippen LogP contribution is 2.09. The molecule has 0 bridgehead atoms. The van der Waals surface area contributed by atoms with E-state index in [1.165, 1.54) is 6.33 Å². The number of aromatic nitrogens is 3. The largest absolute Gasteiger partial charge is 0.352 e. The van der Waals surface area contributed by atoms with Gasteiger partial charge >= 0.3 is 0 Å². The summed E-state index contributed by atoms with van der Waals surface area (Å²) in [5.74, 6) is 0.00371. The average molecular weight is 273 g/mol. The monoisotopic (exact) mass is 273 g/mol. The van der Waals surface area contributed by atoms with Crippen LogP contribution in [-0.4, -0.2) is 34.3 Å². The molecule has 106 valence electrons. The Morgan fingerprint density at radius 1 is 1.45 bits per heavy atom. The summed E-state index contributed by atoms with van der Waals surface area (Å²) in [6.07, 6.45) is 3.14. The maximum atomic E-state index is 11.8. The Morgan fingerprint density at radius 2 is 2.30 bits per heavy atom. The Bertz CT molecular complexity index is 552. The molecular formula is C14H19N5O. The van der Waals surface area contributed by atoms with Gasteiger partial charge in [0.15, 0.2) is 0 Å². The summed E-state index contributed by atoms with van der Waals surface area (Å²) < 4.78 is 1.69. The van der Waals surface area contributed by atoms with Crippen molar-refractivity contribution in [3.63, 3.8) is 0 Å². The van der Waals surface area contributed by atoms with E-state index in [9.17, 15) is 4.79 Å². The van der Waals surface area contributed by atoms with Gasteiger partial charge in [0, 0.05) is 19.0 Å². The minimum Gasteiger partial charge on any atom is -0.352 e. The number of hydrogen-bond acceptors (Lipinski definition) is 4. The molecule has 1 aromatic carbocycles. The number of hydrogen-bond donors (Lipinski definition) is 2. The van der Waals surface area contributed by atoms with Crippen LogP contribution in [0.4, 0.5) is 0 Å². The van der Waals surface area contributed by atoms with Gasteiger partial charge in [-0.1, -0.05) is 19.1 Å². The first-order valence-electron chi connectivity index (χ1n) is 6.57. The molecular weight excluding hydrogens is 254 g/mol. The second-order valence-corrected chi connectivity index (χ2v) is 4.69. The molecule has 1 atom stereocenters. The molecule has 1 heterocycles. The number of benzene rings is 1. The molecule has 20 heavy (non-hydrogen) atoms. The molecule has 1 amide bonds. The van der Waals surface area contributed by atoms with Crippen LogP contribution < -0.4 is 10.6 Å². The van der Waals surface area contributed by atoms with Crippen LogP contribution in [0, 0.1) is 5.92 Å². The normalized spacial score (nSPS) is 12.1. The van der Waals surface area contributed by atoms with Gasteiger partial charge in [0.1, 0.15) is 12.7 Å². The first-order valence-corrected chi connectivity index (χ1v) is 6.57. The topological polar surface area (TPSA) is 71.8 Å². The molecule has 0 aliphatic heterocycles. The molecule has 2 N–H and O–H groups in total. The first-order chi connectivity index (χ1) is 9.70. The lowest BCUT2D eigenvalue weighted by Gasteiger charge is -2.12. The molecule has 0 spiro atoms. The van der Waals surface area contributed by atoms with Crippen LogP contribution in [0.2, 0.25) is 0 Å². The smallest absolute Gasteiger partial charge is 0.224 e. The lowest BCUT2D eigenvalue weighted by Crippen LogP contribution is -2.33. The summed E-state index contributed by atoms with van der Waals surface area (Å²) in [4.78, 5) is 15.8. The van der Waals surface area contributed by atoms with Gasteiger partial charge in [-0.15, -0.1) is 0 Å². The number of nitrogens with zero attached hydrogens (tertiary/aromatic N) is 3. The Labute approximate surface area is 118 Å². The zero-order chi connectivity index (χ0) is 14.4. The third-order valence-corrected chi connectivity index (χ3v) is 3.02. The zero-order valence-electron chi connectivity index (χ0n) is 11.7. The Morgan fingerprint density at radius 3 is 3.00 bits per heavy atom. The fourth-order valence-electron chi connectivity index (χ4n) is 1.91. The number of rotatable bonds is 6. The first kappa shape index (κ1) is 14.2. The minimum atomic E-state index is -0.0431. The van der Waals surface area contributed by atoms with Gasteiger partial charge < -0.3 is 10.6 Å². The molecule has 0 aliphatic rings. The van der Waals surface area contributed by atoms with Crippen LogP contribution >= 0.6 is 0 Å². The number of carbonyl (C=O) groups excluding carboxylic acids is 1. The summed E-state index contributed by atoms with van der Waals surface area (Å²) in [5.41, 5.74) is 1.96. The van der Waals surface area contributed by atoms with Crippen molar-refractivity contribution in [2.75, 3.05) is 13.6 Å². The number of amides is 1. The Kier molecular flexibility index (Phi) is 4.84. The second-order valence-electron chi connectivity index (χ2n) is 4.69. The molecule has 6 nitrogen and oxygen atoms in total. The summed E-state index contributed by atoms with van der Waals surface area (Å²) in [6.45, 7) is 3.08. The van der Waals surface area contributed by atoms with Crippen molar-refractivity contribution in [3.8, 4) is 5.69 Å². The summed E-state index contributed by atoms with van der Waals surface area (Å²) in [7, 11) is 1.84. The van der Waals surface area contributed by atoms with E-state index >= 15 is 0 Å². The zero-order valence-corrected chi connectivity index (χ0v) is 11.7. The van der Waals surface area contributed by atoms with Crippen molar-refractivity contribution in [3.05, 3.63) is 42.5 Å². The van der Waals surface area contributed by atoms with Crippen molar-refractivity contribution < 1.29 is 4.79 Å². The van der Waals surface area contributed by atoms with Gasteiger partial charge in [-0.2, -0.15) is 5.10 Å². The summed E-state index contributed by atoms with van der Waals surface area (Å²) in [6, 6.07) is 7.85. The van der Waals surface area contributed by atoms with E-state index in [2.05, 4.69) is 20.7 Å². The van der Waals surface area contributed by atoms with Gasteiger partial charge in [0.25, 0.3) is 0 Å². The molecule has 2 rings (SSSR count). The lowest BCUT2D eigenvalue weighted by atomic mass is 10.1. The van der Waals surface area contributed by atoms with Crippen LogP contribution in [0.1, 0.15) is 12.5 Å². The molecule has 0 saturated carbocycles. The second kappa shape index (κ2) is 6.81. The van der Waals surface area contributed by atoms with Crippen molar-refractivity contribution >= 4 is 5.91 Å². The van der Waals surface area contributed by atoms with E-state index in [0.717, 1.165) is 11.3 Å². The van der Waals surface area contributed by atoms with Gasteiger partial charge in [-0.25, -0.2) is 9.67 Å². The highest BCUT2D eigenvalue weighted by molar-refractivity contribution is 5.78. The van der Waals surface area contributed by atoms with Crippen molar-refractivity contribution in [1.82, 2.24) is 25.4 Å². The molecule has 0 radical (unpaired) electrons. The fourth-order valence-corrected chi connectivity index (χ4v) is 1.91. The maximum Gasteiger partial charge on any atom is 0.224 e. The minimum absolute atomic E-state index is 0.0431. The Hall–Kier alpha value is -2.21. The molecule has 1 unspecified atom stereocenters. The quantitative estimate of drug-likeness (QED) is 0.814. The highest BCUT2D eigenvalue weighted by Gasteiger charge is 2.11. The van der Waals surface area contributed by atoms with Gasteiger partial charge in [-0.3, -0.25) is 4.79 Å². The standard InChI is InChI=1S/C14H19N5O/c1-11(7-15-2)14(20)17-8-12-4-3-5-13(6-12)19-10-16-9-18-19/h3-6,9-11,15H,7-8H2,1-2H3,(H,17,20). The van der Waals surface area contributed by atoms with E-state index in [4.69, 9.17) is 0 Å². The average Bonchev–Trinajstić information content (AvgIpc) is 2.99. The van der Waals surface area contributed by atoms with Gasteiger partial charge in [0.2, 0.25) is 5.91 Å². The highest BCUT2D eigenvalue weighted by atomic mass is 16.1. The van der Waals surface area contributed by atoms with Crippen LogP contribution in [0.15, 0.2) is 36.9 Å². The summed E-state index contributed by atoms with van der Waals surface area (Å²) >= 11 is 0. The van der Waals surface area contributed by atoms with Crippen LogP contribution in [0.25, 0.3) is 5.69 Å². The van der Waals surface area contributed by atoms with Gasteiger partial charge in [-0.05, 0) is 24.7 Å². The molecule has 0 fully saturated rings. The molecule has 6 heteroatoms. The Balaban J connectivity index is 1.97. The molecule has 0 saturated heterocycles. The van der Waals surface area contributed by atoms with Crippen LogP contribution in [0.3, 0.4) is 0 Å². The van der Waals surface area contributed by atoms with Crippen LogP contribution in [0.5, 0.6) is 0 Å². The number of nitrogens with one attached hydrogen (secondary N) is 2. The molecule has 2 aromatic rings. The van der Waals surface area contributed by atoms with Crippen molar-refractivity contribution in [2.45, 2.75) is 13.5 Å². The van der Waals surface area contributed by atoms with E-state index < -0.39 is 0 Å². The molecule has 1 aromatic heterocycles. The fraction of sp³-hybridized carbons (Fsp3) is 0.357. The lowest BCUT2D eigenvalue weighted by molar-refractivity contribution is -0.124. The SMILES string of the molecule is CNCC(C)C(=O)NCc1cccc(-n2cncn2)c1. The van der Waals surface area contributed by atoms with E-state index in [0.29, 0.717) is 13.1 Å². The van der Waals surface area contributed by atoms with Crippen LogP contribution in [-0.2, 0) is 11.3 Å². The third kappa shape index (κ3) is 3.64. The van der Waals surface area contributed by atoms with Crippen molar-refractivity contribution in [2.24, 2.45) is 5.92 Å². The predicted octanol–water partition coefficient (Wildman–Crippen LogP) is 0.739. The van der Waals surface area contributed by atoms with E-state index in [1.807, 2.05) is 38.2 Å².